The van der Waals surface area contributed by atoms with E-state index in [1.807, 2.05) is 50.3 Å². The standard InChI is InChI=1S/C12H17N3/c1-3-14-12(9-10(2)13)15-11-7-5-4-6-8-11/h4-9H,3,13H2,1-2H3,(H,14,15)/b10-9-. The van der Waals surface area contributed by atoms with Gasteiger partial charge in [0.25, 0.3) is 0 Å². The van der Waals surface area contributed by atoms with Gasteiger partial charge in [-0.25, -0.2) is 0 Å². The molecule has 0 saturated carbocycles. The van der Waals surface area contributed by atoms with E-state index in [0.717, 1.165) is 23.8 Å². The van der Waals surface area contributed by atoms with Crippen LogP contribution in [0.3, 0.4) is 0 Å². The molecule has 0 saturated heterocycles. The van der Waals surface area contributed by atoms with Gasteiger partial charge in [-0.3, -0.25) is 4.99 Å². The average Bonchev–Trinajstić information content (AvgIpc) is 2.18. The number of para-hydroxylation sites is 1. The van der Waals surface area contributed by atoms with Crippen LogP contribution in [0.5, 0.6) is 0 Å². The molecular formula is C12H17N3. The fraction of sp³-hybridized carbons (Fsp3) is 0.250. The number of allylic oxidation sites excluding steroid dienone is 1. The molecule has 3 N–H and O–H groups in total. The molecule has 0 heterocycles. The Kier molecular flexibility index (Phi) is 4.41. The first-order valence-electron chi connectivity index (χ1n) is 5.02. The maximum atomic E-state index is 5.62. The monoisotopic (exact) mass is 203 g/mol. The fourth-order valence-corrected chi connectivity index (χ4v) is 1.18. The topological polar surface area (TPSA) is 50.4 Å². The minimum Gasteiger partial charge on any atom is -0.402 e. The van der Waals surface area contributed by atoms with Gasteiger partial charge in [0.1, 0.15) is 5.84 Å². The van der Waals surface area contributed by atoms with E-state index in [1.165, 1.54) is 0 Å². The van der Waals surface area contributed by atoms with Crippen molar-refractivity contribution in [2.24, 2.45) is 10.7 Å². The molecule has 80 valence electrons. The highest BCUT2D eigenvalue weighted by molar-refractivity contribution is 6.04. The Morgan fingerprint density at radius 3 is 2.60 bits per heavy atom. The highest BCUT2D eigenvalue weighted by Crippen LogP contribution is 2.05. The van der Waals surface area contributed by atoms with Crippen molar-refractivity contribution in [2.75, 3.05) is 11.9 Å². The van der Waals surface area contributed by atoms with Crippen molar-refractivity contribution in [3.8, 4) is 0 Å². The minimum absolute atomic E-state index is 0.735. The van der Waals surface area contributed by atoms with E-state index < -0.39 is 0 Å². The normalized spacial score (nSPS) is 12.7. The van der Waals surface area contributed by atoms with Crippen LogP contribution in [0, 0.1) is 0 Å². The molecule has 0 amide bonds. The van der Waals surface area contributed by atoms with E-state index in [9.17, 15) is 0 Å². The number of nitrogens with zero attached hydrogens (tertiary/aromatic N) is 1. The summed E-state index contributed by atoms with van der Waals surface area (Å²) >= 11 is 0. The summed E-state index contributed by atoms with van der Waals surface area (Å²) in [5.74, 6) is 0.795. The summed E-state index contributed by atoms with van der Waals surface area (Å²) in [4.78, 5) is 4.31. The molecule has 1 aromatic carbocycles. The molecule has 0 radical (unpaired) electrons. The van der Waals surface area contributed by atoms with Gasteiger partial charge in [0.05, 0.1) is 0 Å². The number of amidine groups is 1. The van der Waals surface area contributed by atoms with Gasteiger partial charge in [0, 0.05) is 17.9 Å². The third-order valence-corrected chi connectivity index (χ3v) is 1.74. The Morgan fingerprint density at radius 1 is 1.40 bits per heavy atom. The molecule has 0 atom stereocenters. The number of rotatable bonds is 3. The first-order valence-corrected chi connectivity index (χ1v) is 5.02. The molecule has 0 aliphatic carbocycles. The molecule has 0 aliphatic rings. The molecule has 15 heavy (non-hydrogen) atoms. The SMILES string of the molecule is CCN=C(/C=C(/C)N)Nc1ccccc1. The first-order chi connectivity index (χ1) is 7.22. The molecule has 0 aromatic heterocycles. The fourth-order valence-electron chi connectivity index (χ4n) is 1.18. The average molecular weight is 203 g/mol. The molecule has 0 bridgehead atoms. The zero-order chi connectivity index (χ0) is 11.1. The highest BCUT2D eigenvalue weighted by atomic mass is 15.0. The Hall–Kier alpha value is -1.77. The maximum absolute atomic E-state index is 5.62. The van der Waals surface area contributed by atoms with Gasteiger partial charge >= 0.3 is 0 Å². The molecular weight excluding hydrogens is 186 g/mol. The molecule has 3 nitrogen and oxygen atoms in total. The van der Waals surface area contributed by atoms with Crippen LogP contribution in [0.15, 0.2) is 47.1 Å². The van der Waals surface area contributed by atoms with Crippen LogP contribution in [0.25, 0.3) is 0 Å². The molecule has 3 heteroatoms. The number of nitrogens with two attached hydrogens (primary N) is 1. The van der Waals surface area contributed by atoms with Crippen molar-refractivity contribution in [3.05, 3.63) is 42.1 Å². The van der Waals surface area contributed by atoms with Gasteiger partial charge in [-0.2, -0.15) is 0 Å². The summed E-state index contributed by atoms with van der Waals surface area (Å²) in [5, 5.41) is 3.20. The number of hydrogen-bond donors (Lipinski definition) is 2. The molecule has 1 rings (SSSR count). The van der Waals surface area contributed by atoms with Gasteiger partial charge in [0.15, 0.2) is 0 Å². The molecule has 0 spiro atoms. The van der Waals surface area contributed by atoms with Crippen LogP contribution in [-0.2, 0) is 0 Å². The lowest BCUT2D eigenvalue weighted by Gasteiger charge is -2.06. The third kappa shape index (κ3) is 4.31. The lowest BCUT2D eigenvalue weighted by molar-refractivity contribution is 1.13. The Morgan fingerprint density at radius 2 is 2.07 bits per heavy atom. The summed E-state index contributed by atoms with van der Waals surface area (Å²) in [7, 11) is 0. The minimum atomic E-state index is 0.735. The van der Waals surface area contributed by atoms with Crippen molar-refractivity contribution >= 4 is 11.5 Å². The van der Waals surface area contributed by atoms with Crippen molar-refractivity contribution in [1.29, 1.82) is 0 Å². The van der Waals surface area contributed by atoms with E-state index in [2.05, 4.69) is 10.3 Å². The number of nitrogens with one attached hydrogen (secondary N) is 1. The van der Waals surface area contributed by atoms with Crippen LogP contribution < -0.4 is 11.1 Å². The Labute approximate surface area is 90.7 Å². The quantitative estimate of drug-likeness (QED) is 0.585. The Bertz CT molecular complexity index is 348. The molecule has 0 unspecified atom stereocenters. The zero-order valence-corrected chi connectivity index (χ0v) is 9.20. The molecule has 0 fully saturated rings. The van der Waals surface area contributed by atoms with E-state index in [1.54, 1.807) is 0 Å². The zero-order valence-electron chi connectivity index (χ0n) is 9.20. The van der Waals surface area contributed by atoms with Gasteiger partial charge in [-0.1, -0.05) is 18.2 Å². The molecule has 0 aliphatic heterocycles. The second-order valence-electron chi connectivity index (χ2n) is 3.24. The number of hydrogen-bond acceptors (Lipinski definition) is 2. The van der Waals surface area contributed by atoms with Gasteiger partial charge in [0.2, 0.25) is 0 Å². The molecule has 1 aromatic rings. The van der Waals surface area contributed by atoms with Crippen LogP contribution in [-0.4, -0.2) is 12.4 Å². The highest BCUT2D eigenvalue weighted by Gasteiger charge is 1.95. The van der Waals surface area contributed by atoms with E-state index in [4.69, 9.17) is 5.73 Å². The lowest BCUT2D eigenvalue weighted by Crippen LogP contribution is -2.11. The van der Waals surface area contributed by atoms with Crippen molar-refractivity contribution in [3.63, 3.8) is 0 Å². The van der Waals surface area contributed by atoms with Crippen LogP contribution in [0.2, 0.25) is 0 Å². The number of anilines is 1. The van der Waals surface area contributed by atoms with Gasteiger partial charge in [-0.15, -0.1) is 0 Å². The van der Waals surface area contributed by atoms with Crippen LogP contribution >= 0.6 is 0 Å². The summed E-state index contributed by atoms with van der Waals surface area (Å²) in [6.45, 7) is 4.57. The maximum Gasteiger partial charge on any atom is 0.126 e. The van der Waals surface area contributed by atoms with Gasteiger partial charge in [-0.05, 0) is 32.1 Å². The number of aliphatic imine (C=N–C) groups is 1. The van der Waals surface area contributed by atoms with Crippen molar-refractivity contribution in [2.45, 2.75) is 13.8 Å². The van der Waals surface area contributed by atoms with Crippen LogP contribution in [0.1, 0.15) is 13.8 Å². The second-order valence-corrected chi connectivity index (χ2v) is 3.24. The van der Waals surface area contributed by atoms with Crippen molar-refractivity contribution < 1.29 is 0 Å². The smallest absolute Gasteiger partial charge is 0.126 e. The predicted octanol–water partition coefficient (Wildman–Crippen LogP) is 2.38. The van der Waals surface area contributed by atoms with E-state index >= 15 is 0 Å². The van der Waals surface area contributed by atoms with Crippen molar-refractivity contribution in [1.82, 2.24) is 0 Å². The third-order valence-electron chi connectivity index (χ3n) is 1.74. The van der Waals surface area contributed by atoms with Crippen LogP contribution in [0.4, 0.5) is 5.69 Å². The summed E-state index contributed by atoms with van der Waals surface area (Å²) in [6, 6.07) is 9.91. The van der Waals surface area contributed by atoms with Gasteiger partial charge < -0.3 is 11.1 Å². The second kappa shape index (κ2) is 5.86. The largest absolute Gasteiger partial charge is 0.402 e. The summed E-state index contributed by atoms with van der Waals surface area (Å²) < 4.78 is 0. The predicted molar refractivity (Wildman–Crippen MR) is 66.0 cm³/mol. The van der Waals surface area contributed by atoms with E-state index in [-0.39, 0.29) is 0 Å². The summed E-state index contributed by atoms with van der Waals surface area (Å²) in [5.41, 5.74) is 7.37. The summed E-state index contributed by atoms with van der Waals surface area (Å²) in [6.07, 6.45) is 1.83. The van der Waals surface area contributed by atoms with E-state index in [0.29, 0.717) is 0 Å². The Balaban J connectivity index is 2.77. The first kappa shape index (κ1) is 11.3. The lowest BCUT2D eigenvalue weighted by atomic mass is 10.3. The number of benzene rings is 1.